The van der Waals surface area contributed by atoms with Crippen LogP contribution >= 0.6 is 22.6 Å². The maximum absolute atomic E-state index is 11.4. The van der Waals surface area contributed by atoms with Gasteiger partial charge in [-0.05, 0) is 41.6 Å². The van der Waals surface area contributed by atoms with Gasteiger partial charge in [0.25, 0.3) is 0 Å². The molecule has 1 heterocycles. The number of hydrogen-bond acceptors (Lipinski definition) is 2. The number of halogens is 1. The quantitative estimate of drug-likeness (QED) is 0.853. The Kier molecular flexibility index (Phi) is 3.86. The minimum absolute atomic E-state index is 0.00175. The van der Waals surface area contributed by atoms with Crippen molar-refractivity contribution in [2.75, 3.05) is 5.32 Å². The van der Waals surface area contributed by atoms with E-state index < -0.39 is 0 Å². The van der Waals surface area contributed by atoms with Gasteiger partial charge in [0.2, 0.25) is 5.91 Å². The highest BCUT2D eigenvalue weighted by Gasteiger charge is 2.08. The molecule has 1 amide bonds. The number of carbonyl (C=O) groups is 1. The van der Waals surface area contributed by atoms with E-state index in [9.17, 15) is 4.79 Å². The predicted molar refractivity (Wildman–Crippen MR) is 65.2 cm³/mol. The standard InChI is InChI=1S/C10H13IN2O/c1-6(2)10(14)13-9-5-4-8(11)7(3)12-9/h4-6H,1-3H3,(H,12,13,14). The van der Waals surface area contributed by atoms with Crippen LogP contribution in [-0.2, 0) is 4.79 Å². The van der Waals surface area contributed by atoms with Crippen LogP contribution in [0.1, 0.15) is 19.5 Å². The highest BCUT2D eigenvalue weighted by atomic mass is 127. The summed E-state index contributed by atoms with van der Waals surface area (Å²) < 4.78 is 1.10. The molecule has 0 aliphatic rings. The second kappa shape index (κ2) is 4.72. The zero-order chi connectivity index (χ0) is 10.7. The third-order valence-corrected chi connectivity index (χ3v) is 2.94. The molecule has 0 aliphatic heterocycles. The van der Waals surface area contributed by atoms with E-state index in [0.29, 0.717) is 5.82 Å². The molecule has 0 aromatic carbocycles. The van der Waals surface area contributed by atoms with Crippen LogP contribution in [0.2, 0.25) is 0 Å². The molecule has 0 spiro atoms. The van der Waals surface area contributed by atoms with Crippen LogP contribution in [0.3, 0.4) is 0 Å². The van der Waals surface area contributed by atoms with Crippen LogP contribution in [0, 0.1) is 16.4 Å². The molecule has 0 radical (unpaired) electrons. The van der Waals surface area contributed by atoms with Crippen LogP contribution in [0.25, 0.3) is 0 Å². The number of hydrogen-bond donors (Lipinski definition) is 1. The van der Waals surface area contributed by atoms with Crippen molar-refractivity contribution in [2.45, 2.75) is 20.8 Å². The Morgan fingerprint density at radius 1 is 1.50 bits per heavy atom. The van der Waals surface area contributed by atoms with Gasteiger partial charge < -0.3 is 5.32 Å². The molecule has 76 valence electrons. The van der Waals surface area contributed by atoms with E-state index >= 15 is 0 Å². The van der Waals surface area contributed by atoms with Gasteiger partial charge in [0.1, 0.15) is 5.82 Å². The Labute approximate surface area is 97.4 Å². The van der Waals surface area contributed by atoms with E-state index in [-0.39, 0.29) is 11.8 Å². The minimum Gasteiger partial charge on any atom is -0.310 e. The minimum atomic E-state index is -0.0172. The van der Waals surface area contributed by atoms with Crippen LogP contribution in [0.5, 0.6) is 0 Å². The summed E-state index contributed by atoms with van der Waals surface area (Å²) in [6.45, 7) is 5.64. The number of nitrogens with one attached hydrogen (secondary N) is 1. The Bertz CT molecular complexity index is 350. The molecule has 1 N–H and O–H groups in total. The third kappa shape index (κ3) is 2.94. The second-order valence-electron chi connectivity index (χ2n) is 3.41. The van der Waals surface area contributed by atoms with Gasteiger partial charge in [-0.2, -0.15) is 0 Å². The largest absolute Gasteiger partial charge is 0.310 e. The van der Waals surface area contributed by atoms with Crippen molar-refractivity contribution in [2.24, 2.45) is 5.92 Å². The molecule has 1 aromatic rings. The fraction of sp³-hybridized carbons (Fsp3) is 0.400. The molecule has 0 saturated carbocycles. The summed E-state index contributed by atoms with van der Waals surface area (Å²) in [6.07, 6.45) is 0. The first kappa shape index (κ1) is 11.4. The first-order valence-corrected chi connectivity index (χ1v) is 5.52. The molecule has 4 heteroatoms. The Balaban J connectivity index is 2.78. The number of rotatable bonds is 2. The summed E-state index contributed by atoms with van der Waals surface area (Å²) in [5, 5.41) is 2.76. The van der Waals surface area contributed by atoms with Gasteiger partial charge in [-0.25, -0.2) is 4.98 Å². The van der Waals surface area contributed by atoms with E-state index in [1.807, 2.05) is 32.9 Å². The number of anilines is 1. The molecule has 0 fully saturated rings. The number of carbonyl (C=O) groups excluding carboxylic acids is 1. The maximum atomic E-state index is 11.4. The highest BCUT2D eigenvalue weighted by molar-refractivity contribution is 14.1. The molecule has 1 aromatic heterocycles. The lowest BCUT2D eigenvalue weighted by molar-refractivity contribution is -0.118. The summed E-state index contributed by atoms with van der Waals surface area (Å²) >= 11 is 2.21. The SMILES string of the molecule is Cc1nc(NC(=O)C(C)C)ccc1I. The molecular formula is C10H13IN2O. The average molecular weight is 304 g/mol. The lowest BCUT2D eigenvalue weighted by atomic mass is 10.2. The normalized spacial score (nSPS) is 10.4. The maximum Gasteiger partial charge on any atom is 0.228 e. The summed E-state index contributed by atoms with van der Waals surface area (Å²) in [7, 11) is 0. The highest BCUT2D eigenvalue weighted by Crippen LogP contribution is 2.12. The number of amides is 1. The fourth-order valence-corrected chi connectivity index (χ4v) is 1.18. The molecule has 14 heavy (non-hydrogen) atoms. The lowest BCUT2D eigenvalue weighted by Gasteiger charge is -2.07. The topological polar surface area (TPSA) is 42.0 Å². The summed E-state index contributed by atoms with van der Waals surface area (Å²) in [6, 6.07) is 3.76. The molecule has 3 nitrogen and oxygen atoms in total. The molecule has 0 saturated heterocycles. The van der Waals surface area contributed by atoms with E-state index in [1.165, 1.54) is 0 Å². The zero-order valence-corrected chi connectivity index (χ0v) is 10.6. The number of aromatic nitrogens is 1. The molecule has 0 unspecified atom stereocenters. The Morgan fingerprint density at radius 3 is 2.64 bits per heavy atom. The van der Waals surface area contributed by atoms with Crippen molar-refractivity contribution in [1.82, 2.24) is 4.98 Å². The van der Waals surface area contributed by atoms with Gasteiger partial charge in [-0.1, -0.05) is 13.8 Å². The molecule has 0 atom stereocenters. The average Bonchev–Trinajstić information content (AvgIpc) is 2.11. The third-order valence-electron chi connectivity index (χ3n) is 1.80. The molecule has 0 aliphatic carbocycles. The fourth-order valence-electron chi connectivity index (χ4n) is 0.884. The molecule has 0 bridgehead atoms. The van der Waals surface area contributed by atoms with Crippen LogP contribution in [-0.4, -0.2) is 10.9 Å². The van der Waals surface area contributed by atoms with Crippen molar-refractivity contribution in [3.8, 4) is 0 Å². The molecular weight excluding hydrogens is 291 g/mol. The predicted octanol–water partition coefficient (Wildman–Crippen LogP) is 2.59. The van der Waals surface area contributed by atoms with Gasteiger partial charge in [-0.15, -0.1) is 0 Å². The first-order chi connectivity index (χ1) is 6.50. The first-order valence-electron chi connectivity index (χ1n) is 4.44. The van der Waals surface area contributed by atoms with Crippen molar-refractivity contribution < 1.29 is 4.79 Å². The summed E-state index contributed by atoms with van der Waals surface area (Å²) in [4.78, 5) is 15.6. The van der Waals surface area contributed by atoms with Crippen molar-refractivity contribution in [3.05, 3.63) is 21.4 Å². The number of aryl methyl sites for hydroxylation is 1. The monoisotopic (exact) mass is 304 g/mol. The molecule has 1 rings (SSSR count). The number of pyridine rings is 1. The summed E-state index contributed by atoms with van der Waals surface area (Å²) in [5.41, 5.74) is 0.937. The van der Waals surface area contributed by atoms with Crippen molar-refractivity contribution >= 4 is 34.3 Å². The zero-order valence-electron chi connectivity index (χ0n) is 8.47. The van der Waals surface area contributed by atoms with Gasteiger partial charge in [0.15, 0.2) is 0 Å². The summed E-state index contributed by atoms with van der Waals surface area (Å²) in [5.74, 6) is 0.608. The lowest BCUT2D eigenvalue weighted by Crippen LogP contribution is -2.18. The van der Waals surface area contributed by atoms with E-state index in [1.54, 1.807) is 0 Å². The van der Waals surface area contributed by atoms with Crippen LogP contribution in [0.15, 0.2) is 12.1 Å². The van der Waals surface area contributed by atoms with E-state index in [0.717, 1.165) is 9.26 Å². The van der Waals surface area contributed by atoms with Gasteiger partial charge in [0, 0.05) is 9.49 Å². The Morgan fingerprint density at radius 2 is 2.14 bits per heavy atom. The van der Waals surface area contributed by atoms with Gasteiger partial charge in [0.05, 0.1) is 5.69 Å². The van der Waals surface area contributed by atoms with Crippen molar-refractivity contribution in [1.29, 1.82) is 0 Å². The van der Waals surface area contributed by atoms with E-state index in [4.69, 9.17) is 0 Å². The van der Waals surface area contributed by atoms with Crippen molar-refractivity contribution in [3.63, 3.8) is 0 Å². The Hall–Kier alpha value is -0.650. The van der Waals surface area contributed by atoms with Crippen LogP contribution < -0.4 is 5.32 Å². The number of nitrogens with zero attached hydrogens (tertiary/aromatic N) is 1. The van der Waals surface area contributed by atoms with E-state index in [2.05, 4.69) is 32.9 Å². The van der Waals surface area contributed by atoms with Gasteiger partial charge >= 0.3 is 0 Å². The van der Waals surface area contributed by atoms with Crippen LogP contribution in [0.4, 0.5) is 5.82 Å². The second-order valence-corrected chi connectivity index (χ2v) is 4.57. The van der Waals surface area contributed by atoms with Gasteiger partial charge in [-0.3, -0.25) is 4.79 Å². The smallest absolute Gasteiger partial charge is 0.228 e.